The van der Waals surface area contributed by atoms with E-state index in [-0.39, 0.29) is 24.4 Å². The first kappa shape index (κ1) is 16.1. The SMILES string of the molecule is CC(CNC(=O)C1(N)CC1)Oc1cccc(Cl)c1.Cl. The van der Waals surface area contributed by atoms with Crippen LogP contribution in [0.1, 0.15) is 19.8 Å². The highest BCUT2D eigenvalue weighted by atomic mass is 35.5. The molecule has 1 atom stereocenters. The topological polar surface area (TPSA) is 64.4 Å². The largest absolute Gasteiger partial charge is 0.489 e. The summed E-state index contributed by atoms with van der Waals surface area (Å²) in [5.41, 5.74) is 5.15. The Hall–Kier alpha value is -0.970. The van der Waals surface area contributed by atoms with Crippen molar-refractivity contribution >= 4 is 29.9 Å². The van der Waals surface area contributed by atoms with Crippen molar-refractivity contribution in [1.82, 2.24) is 5.32 Å². The zero-order valence-electron chi connectivity index (χ0n) is 10.7. The lowest BCUT2D eigenvalue weighted by molar-refractivity contribution is -0.123. The van der Waals surface area contributed by atoms with Gasteiger partial charge in [-0.1, -0.05) is 17.7 Å². The molecule has 0 aromatic heterocycles. The Morgan fingerprint density at radius 1 is 1.58 bits per heavy atom. The fourth-order valence-corrected chi connectivity index (χ4v) is 1.77. The summed E-state index contributed by atoms with van der Waals surface area (Å²) < 4.78 is 5.64. The van der Waals surface area contributed by atoms with Crippen molar-refractivity contribution in [3.05, 3.63) is 29.3 Å². The molecule has 0 heterocycles. The summed E-state index contributed by atoms with van der Waals surface area (Å²) in [7, 11) is 0. The maximum Gasteiger partial charge on any atom is 0.240 e. The average molecular weight is 305 g/mol. The Morgan fingerprint density at radius 3 is 2.84 bits per heavy atom. The second-order valence-corrected chi connectivity index (χ2v) is 5.19. The molecule has 6 heteroatoms. The molecule has 4 nitrogen and oxygen atoms in total. The van der Waals surface area contributed by atoms with E-state index in [1.165, 1.54) is 0 Å². The number of ether oxygens (including phenoxy) is 1. The van der Waals surface area contributed by atoms with Gasteiger partial charge in [-0.25, -0.2) is 0 Å². The molecule has 1 unspecified atom stereocenters. The van der Waals surface area contributed by atoms with Gasteiger partial charge in [0.1, 0.15) is 11.9 Å². The molecule has 1 aromatic carbocycles. The lowest BCUT2D eigenvalue weighted by Crippen LogP contribution is -2.45. The molecular formula is C13H18Cl2N2O2. The second-order valence-electron chi connectivity index (χ2n) is 4.75. The van der Waals surface area contributed by atoms with Crippen LogP contribution in [-0.4, -0.2) is 24.1 Å². The number of nitrogens with one attached hydrogen (secondary N) is 1. The van der Waals surface area contributed by atoms with Gasteiger partial charge in [-0.2, -0.15) is 0 Å². The summed E-state index contributed by atoms with van der Waals surface area (Å²) in [5, 5.41) is 3.43. The Balaban J connectivity index is 0.00000180. The van der Waals surface area contributed by atoms with Crippen molar-refractivity contribution in [1.29, 1.82) is 0 Å². The third kappa shape index (κ3) is 4.56. The van der Waals surface area contributed by atoms with Crippen LogP contribution in [0.2, 0.25) is 5.02 Å². The van der Waals surface area contributed by atoms with Gasteiger partial charge in [-0.15, -0.1) is 12.4 Å². The number of hydrogen-bond donors (Lipinski definition) is 2. The van der Waals surface area contributed by atoms with Gasteiger partial charge in [0.2, 0.25) is 5.91 Å². The van der Waals surface area contributed by atoms with E-state index < -0.39 is 5.54 Å². The van der Waals surface area contributed by atoms with E-state index in [4.69, 9.17) is 22.1 Å². The minimum absolute atomic E-state index is 0. The molecule has 1 aliphatic rings. The summed E-state index contributed by atoms with van der Waals surface area (Å²) in [6.45, 7) is 2.32. The monoisotopic (exact) mass is 304 g/mol. The van der Waals surface area contributed by atoms with Crippen molar-refractivity contribution in [2.24, 2.45) is 5.73 Å². The maximum atomic E-state index is 11.6. The molecule has 19 heavy (non-hydrogen) atoms. The van der Waals surface area contributed by atoms with Crippen LogP contribution in [-0.2, 0) is 4.79 Å². The smallest absolute Gasteiger partial charge is 0.240 e. The molecule has 1 fully saturated rings. The summed E-state index contributed by atoms with van der Waals surface area (Å²) in [6.07, 6.45) is 1.40. The van der Waals surface area contributed by atoms with Crippen molar-refractivity contribution in [3.63, 3.8) is 0 Å². The van der Waals surface area contributed by atoms with E-state index in [0.29, 0.717) is 17.3 Å². The number of nitrogens with two attached hydrogens (primary N) is 1. The quantitative estimate of drug-likeness (QED) is 0.876. The van der Waals surface area contributed by atoms with E-state index in [0.717, 1.165) is 12.8 Å². The predicted octanol–water partition coefficient (Wildman–Crippen LogP) is 2.14. The Morgan fingerprint density at radius 2 is 2.26 bits per heavy atom. The van der Waals surface area contributed by atoms with Gasteiger partial charge >= 0.3 is 0 Å². The number of halogens is 2. The molecule has 2 rings (SSSR count). The van der Waals surface area contributed by atoms with Crippen LogP contribution in [0, 0.1) is 0 Å². The molecular weight excluding hydrogens is 287 g/mol. The average Bonchev–Trinajstić information content (AvgIpc) is 3.05. The van der Waals surface area contributed by atoms with Crippen molar-refractivity contribution < 1.29 is 9.53 Å². The van der Waals surface area contributed by atoms with Crippen LogP contribution in [0.25, 0.3) is 0 Å². The van der Waals surface area contributed by atoms with Gasteiger partial charge in [0.25, 0.3) is 0 Å². The van der Waals surface area contributed by atoms with E-state index in [9.17, 15) is 4.79 Å². The van der Waals surface area contributed by atoms with Crippen LogP contribution in [0.15, 0.2) is 24.3 Å². The molecule has 0 bridgehead atoms. The van der Waals surface area contributed by atoms with Gasteiger partial charge in [0.15, 0.2) is 0 Å². The van der Waals surface area contributed by atoms with Gasteiger partial charge in [-0.05, 0) is 38.0 Å². The molecule has 1 aromatic rings. The summed E-state index contributed by atoms with van der Waals surface area (Å²) in [6, 6.07) is 7.18. The molecule has 0 radical (unpaired) electrons. The van der Waals surface area contributed by atoms with E-state index in [2.05, 4.69) is 5.32 Å². The molecule has 0 saturated heterocycles. The molecule has 0 spiro atoms. The van der Waals surface area contributed by atoms with Crippen molar-refractivity contribution in [2.75, 3.05) is 6.54 Å². The summed E-state index contributed by atoms with van der Waals surface area (Å²) >= 11 is 5.86. The van der Waals surface area contributed by atoms with Crippen LogP contribution in [0.4, 0.5) is 0 Å². The normalized spacial score (nSPS) is 17.0. The van der Waals surface area contributed by atoms with Crippen LogP contribution in [0.3, 0.4) is 0 Å². The van der Waals surface area contributed by atoms with E-state index in [1.807, 2.05) is 19.1 Å². The molecule has 1 aliphatic carbocycles. The van der Waals surface area contributed by atoms with Gasteiger partial charge < -0.3 is 15.8 Å². The lowest BCUT2D eigenvalue weighted by atomic mass is 10.2. The second kappa shape index (κ2) is 6.46. The first-order valence-corrected chi connectivity index (χ1v) is 6.37. The highest BCUT2D eigenvalue weighted by molar-refractivity contribution is 6.30. The molecule has 3 N–H and O–H groups in total. The molecule has 0 aliphatic heterocycles. The Kier molecular flexibility index (Phi) is 5.47. The van der Waals surface area contributed by atoms with E-state index >= 15 is 0 Å². The molecule has 106 valence electrons. The minimum Gasteiger partial charge on any atom is -0.489 e. The first-order chi connectivity index (χ1) is 8.49. The van der Waals surface area contributed by atoms with Crippen LogP contribution >= 0.6 is 24.0 Å². The number of hydrogen-bond acceptors (Lipinski definition) is 3. The third-order valence-corrected chi connectivity index (χ3v) is 3.16. The van der Waals surface area contributed by atoms with Gasteiger partial charge in [0, 0.05) is 5.02 Å². The fraction of sp³-hybridized carbons (Fsp3) is 0.462. The summed E-state index contributed by atoms with van der Waals surface area (Å²) in [4.78, 5) is 11.6. The zero-order valence-corrected chi connectivity index (χ0v) is 12.3. The van der Waals surface area contributed by atoms with Gasteiger partial charge in [0.05, 0.1) is 12.1 Å². The predicted molar refractivity (Wildman–Crippen MR) is 78.0 cm³/mol. The number of carbonyl (C=O) groups is 1. The molecule has 1 saturated carbocycles. The van der Waals surface area contributed by atoms with Crippen molar-refractivity contribution in [2.45, 2.75) is 31.4 Å². The zero-order chi connectivity index (χ0) is 13.2. The Labute approximate surface area is 124 Å². The van der Waals surface area contributed by atoms with Crippen molar-refractivity contribution in [3.8, 4) is 5.75 Å². The third-order valence-electron chi connectivity index (χ3n) is 2.92. The standard InChI is InChI=1S/C13H17ClN2O2.ClH/c1-9(8-16-12(17)13(15)5-6-13)18-11-4-2-3-10(14)7-11;/h2-4,7,9H,5-6,8,15H2,1H3,(H,16,17);1H. The number of amides is 1. The minimum atomic E-state index is -0.629. The molecule has 1 amide bonds. The highest BCUT2D eigenvalue weighted by Crippen LogP contribution is 2.32. The highest BCUT2D eigenvalue weighted by Gasteiger charge is 2.45. The van der Waals surface area contributed by atoms with E-state index in [1.54, 1.807) is 12.1 Å². The lowest BCUT2D eigenvalue weighted by Gasteiger charge is -2.17. The van der Waals surface area contributed by atoms with Gasteiger partial charge in [-0.3, -0.25) is 4.79 Å². The fourth-order valence-electron chi connectivity index (χ4n) is 1.59. The number of rotatable bonds is 5. The van der Waals surface area contributed by atoms with Crippen LogP contribution < -0.4 is 15.8 Å². The number of benzene rings is 1. The maximum absolute atomic E-state index is 11.6. The summed E-state index contributed by atoms with van der Waals surface area (Å²) in [5.74, 6) is 0.599. The Bertz CT molecular complexity index is 450. The first-order valence-electron chi connectivity index (χ1n) is 5.99. The van der Waals surface area contributed by atoms with Crippen LogP contribution in [0.5, 0.6) is 5.75 Å². The number of carbonyl (C=O) groups excluding carboxylic acids is 1.